The van der Waals surface area contributed by atoms with Crippen molar-refractivity contribution in [2.75, 3.05) is 0 Å². The van der Waals surface area contributed by atoms with Gasteiger partial charge in [-0.15, -0.1) is 0 Å². The Morgan fingerprint density at radius 2 is 1.87 bits per heavy atom. The largest absolute Gasteiger partial charge is 0.318 e. The first-order chi connectivity index (χ1) is 14.3. The Morgan fingerprint density at radius 3 is 2.60 bits per heavy atom. The molecule has 1 saturated heterocycles. The van der Waals surface area contributed by atoms with Gasteiger partial charge in [-0.2, -0.15) is 0 Å². The van der Waals surface area contributed by atoms with Crippen LogP contribution in [0.2, 0.25) is 10.0 Å². The van der Waals surface area contributed by atoms with Crippen LogP contribution < -0.4 is 5.32 Å². The van der Waals surface area contributed by atoms with Crippen LogP contribution in [0.25, 0.3) is 11.8 Å². The van der Waals surface area contributed by atoms with Gasteiger partial charge in [0.2, 0.25) is 0 Å². The number of carbonyl (C=O) groups is 1. The third-order valence-electron chi connectivity index (χ3n) is 4.65. The number of aryl methyl sites for hydroxylation is 1. The standard InChI is InChI=1S/C22H16BrCl2N3OS/c1-12-10-14(13(2)28(12)16-8-6-15(23)7-9-16)11-19-21(29)27-22(30-19)26-18-5-3-4-17(24)20(18)25/h3-11H,1-2H3,(H,26,27,29)/b19-11-. The van der Waals surface area contributed by atoms with E-state index in [4.69, 9.17) is 23.2 Å². The number of hydrogen-bond donors (Lipinski definition) is 1. The van der Waals surface area contributed by atoms with Crippen LogP contribution in [-0.2, 0) is 4.79 Å². The van der Waals surface area contributed by atoms with Crippen LogP contribution >= 0.6 is 50.9 Å². The van der Waals surface area contributed by atoms with Gasteiger partial charge in [0.15, 0.2) is 5.17 Å². The second-order valence-electron chi connectivity index (χ2n) is 6.69. The highest BCUT2D eigenvalue weighted by Crippen LogP contribution is 2.35. The van der Waals surface area contributed by atoms with E-state index in [0.717, 1.165) is 27.1 Å². The molecule has 1 amide bonds. The maximum atomic E-state index is 12.5. The number of aliphatic imine (C=N–C) groups is 1. The minimum absolute atomic E-state index is 0.189. The SMILES string of the molecule is Cc1cc(/C=C2\SC(=Nc3cccc(Cl)c3Cl)NC2=O)c(C)n1-c1ccc(Br)cc1. The van der Waals surface area contributed by atoms with Crippen molar-refractivity contribution >= 4 is 73.7 Å². The zero-order valence-electron chi connectivity index (χ0n) is 16.0. The van der Waals surface area contributed by atoms with E-state index in [9.17, 15) is 4.79 Å². The maximum absolute atomic E-state index is 12.5. The maximum Gasteiger partial charge on any atom is 0.264 e. The molecule has 1 N–H and O–H groups in total. The predicted molar refractivity (Wildman–Crippen MR) is 130 cm³/mol. The number of amidine groups is 1. The van der Waals surface area contributed by atoms with E-state index in [1.165, 1.54) is 11.8 Å². The van der Waals surface area contributed by atoms with Gasteiger partial charge in [-0.05, 0) is 79.7 Å². The Morgan fingerprint density at radius 1 is 1.13 bits per heavy atom. The lowest BCUT2D eigenvalue weighted by molar-refractivity contribution is -0.115. The average molecular weight is 521 g/mol. The lowest BCUT2D eigenvalue weighted by Gasteiger charge is -2.09. The molecule has 0 saturated carbocycles. The molecular formula is C22H16BrCl2N3OS. The van der Waals surface area contributed by atoms with Gasteiger partial charge >= 0.3 is 0 Å². The zero-order chi connectivity index (χ0) is 21.4. The van der Waals surface area contributed by atoms with Gasteiger partial charge in [-0.1, -0.05) is 45.2 Å². The quantitative estimate of drug-likeness (QED) is 0.376. The Labute approximate surface area is 197 Å². The Balaban J connectivity index is 1.65. The summed E-state index contributed by atoms with van der Waals surface area (Å²) in [7, 11) is 0. The van der Waals surface area contributed by atoms with Gasteiger partial charge in [-0.25, -0.2) is 4.99 Å². The van der Waals surface area contributed by atoms with Crippen molar-refractivity contribution in [1.82, 2.24) is 9.88 Å². The Bertz CT molecular complexity index is 1220. The smallest absolute Gasteiger partial charge is 0.264 e. The van der Waals surface area contributed by atoms with Crippen molar-refractivity contribution in [3.8, 4) is 5.69 Å². The van der Waals surface area contributed by atoms with Crippen molar-refractivity contribution in [3.05, 3.63) is 84.9 Å². The first-order valence-corrected chi connectivity index (χ1v) is 11.4. The first kappa shape index (κ1) is 21.2. The molecule has 0 aliphatic carbocycles. The fourth-order valence-corrected chi connectivity index (χ4v) is 4.66. The molecule has 4 rings (SSSR count). The summed E-state index contributed by atoms with van der Waals surface area (Å²) in [5.41, 5.74) is 4.71. The predicted octanol–water partition coefficient (Wildman–Crippen LogP) is 7.06. The van der Waals surface area contributed by atoms with Crippen LogP contribution in [0, 0.1) is 13.8 Å². The zero-order valence-corrected chi connectivity index (χ0v) is 20.0. The number of nitrogens with zero attached hydrogens (tertiary/aromatic N) is 2. The highest BCUT2D eigenvalue weighted by molar-refractivity contribution is 9.10. The van der Waals surface area contributed by atoms with Crippen LogP contribution in [0.4, 0.5) is 5.69 Å². The molecule has 0 atom stereocenters. The van der Waals surface area contributed by atoms with E-state index in [2.05, 4.69) is 49.0 Å². The van der Waals surface area contributed by atoms with E-state index in [1.807, 2.05) is 32.1 Å². The van der Waals surface area contributed by atoms with Crippen LogP contribution in [0.15, 0.2) is 62.9 Å². The number of benzene rings is 2. The normalized spacial score (nSPS) is 16.5. The lowest BCUT2D eigenvalue weighted by Crippen LogP contribution is -2.19. The molecular weight excluding hydrogens is 505 g/mol. The average Bonchev–Trinajstić information content (AvgIpc) is 3.19. The number of thioether (sulfide) groups is 1. The molecule has 3 aromatic rings. The summed E-state index contributed by atoms with van der Waals surface area (Å²) in [5, 5.41) is 4.04. The van der Waals surface area contributed by atoms with Gasteiger partial charge in [0.25, 0.3) is 5.91 Å². The molecule has 1 aliphatic rings. The number of nitrogens with one attached hydrogen (secondary N) is 1. The highest BCUT2D eigenvalue weighted by Gasteiger charge is 2.25. The van der Waals surface area contributed by atoms with Crippen LogP contribution in [0.3, 0.4) is 0 Å². The van der Waals surface area contributed by atoms with Gasteiger partial charge in [0.1, 0.15) is 0 Å². The summed E-state index contributed by atoms with van der Waals surface area (Å²) in [6.45, 7) is 4.09. The van der Waals surface area contributed by atoms with Crippen molar-refractivity contribution in [2.24, 2.45) is 4.99 Å². The number of amides is 1. The summed E-state index contributed by atoms with van der Waals surface area (Å²) in [6.07, 6.45) is 1.89. The molecule has 152 valence electrons. The van der Waals surface area contributed by atoms with E-state index < -0.39 is 0 Å². The molecule has 1 aliphatic heterocycles. The molecule has 0 unspecified atom stereocenters. The minimum atomic E-state index is -0.189. The van der Waals surface area contributed by atoms with E-state index >= 15 is 0 Å². The topological polar surface area (TPSA) is 46.4 Å². The second-order valence-corrected chi connectivity index (χ2v) is 9.42. The van der Waals surface area contributed by atoms with Crippen molar-refractivity contribution in [2.45, 2.75) is 13.8 Å². The van der Waals surface area contributed by atoms with Crippen LogP contribution in [0.1, 0.15) is 17.0 Å². The number of rotatable bonds is 3. The first-order valence-electron chi connectivity index (χ1n) is 9.02. The fourth-order valence-electron chi connectivity index (χ4n) is 3.23. The van der Waals surface area contributed by atoms with Crippen molar-refractivity contribution in [1.29, 1.82) is 0 Å². The van der Waals surface area contributed by atoms with E-state index in [-0.39, 0.29) is 5.91 Å². The van der Waals surface area contributed by atoms with Crippen LogP contribution in [0.5, 0.6) is 0 Å². The van der Waals surface area contributed by atoms with Crippen LogP contribution in [-0.4, -0.2) is 15.6 Å². The lowest BCUT2D eigenvalue weighted by atomic mass is 10.2. The van der Waals surface area contributed by atoms with Gasteiger partial charge in [0.05, 0.1) is 20.6 Å². The van der Waals surface area contributed by atoms with E-state index in [1.54, 1.807) is 18.2 Å². The Hall–Kier alpha value is -1.99. The summed E-state index contributed by atoms with van der Waals surface area (Å²) in [5.74, 6) is -0.189. The molecule has 1 aromatic heterocycles. The van der Waals surface area contributed by atoms with Crippen molar-refractivity contribution < 1.29 is 4.79 Å². The number of carbonyl (C=O) groups excluding carboxylic acids is 1. The molecule has 0 bridgehead atoms. The number of halogens is 3. The summed E-state index contributed by atoms with van der Waals surface area (Å²) in [6, 6.07) is 15.4. The highest BCUT2D eigenvalue weighted by atomic mass is 79.9. The van der Waals surface area contributed by atoms with Gasteiger partial charge < -0.3 is 9.88 Å². The van der Waals surface area contributed by atoms with Crippen molar-refractivity contribution in [3.63, 3.8) is 0 Å². The fraction of sp³-hybridized carbons (Fsp3) is 0.0909. The molecule has 2 aromatic carbocycles. The third-order valence-corrected chi connectivity index (χ3v) is 6.89. The van der Waals surface area contributed by atoms with E-state index in [0.29, 0.717) is 25.8 Å². The molecule has 2 heterocycles. The minimum Gasteiger partial charge on any atom is -0.318 e. The summed E-state index contributed by atoms with van der Waals surface area (Å²) < 4.78 is 3.19. The molecule has 0 spiro atoms. The molecule has 30 heavy (non-hydrogen) atoms. The molecule has 0 radical (unpaired) electrons. The summed E-state index contributed by atoms with van der Waals surface area (Å²) >= 11 is 17.0. The second kappa shape index (κ2) is 8.63. The summed E-state index contributed by atoms with van der Waals surface area (Å²) in [4.78, 5) is 17.5. The molecule has 8 heteroatoms. The van der Waals surface area contributed by atoms with Gasteiger partial charge in [0, 0.05) is 21.5 Å². The van der Waals surface area contributed by atoms with Gasteiger partial charge in [-0.3, -0.25) is 4.79 Å². The number of aromatic nitrogens is 1. The number of hydrogen-bond acceptors (Lipinski definition) is 3. The molecule has 1 fully saturated rings. The third kappa shape index (κ3) is 4.23. The monoisotopic (exact) mass is 519 g/mol. The molecule has 4 nitrogen and oxygen atoms in total. The Kier molecular flexibility index (Phi) is 6.11.